The van der Waals surface area contributed by atoms with Gasteiger partial charge in [-0.2, -0.15) is 5.26 Å². The maximum absolute atomic E-state index is 12.2. The van der Waals surface area contributed by atoms with Gasteiger partial charge in [-0.25, -0.2) is 8.42 Å². The minimum atomic E-state index is -3.58. The number of hydrogen-bond acceptors (Lipinski definition) is 4. The second kappa shape index (κ2) is 7.72. The van der Waals surface area contributed by atoms with Gasteiger partial charge < -0.3 is 5.11 Å². The van der Waals surface area contributed by atoms with Crippen LogP contribution in [0.5, 0.6) is 0 Å². The van der Waals surface area contributed by atoms with Gasteiger partial charge in [0.05, 0.1) is 17.6 Å². The van der Waals surface area contributed by atoms with E-state index in [-0.39, 0.29) is 11.5 Å². The minimum Gasteiger partial charge on any atom is -0.392 e. The van der Waals surface area contributed by atoms with Crippen molar-refractivity contribution in [3.63, 3.8) is 0 Å². The van der Waals surface area contributed by atoms with E-state index in [4.69, 9.17) is 10.4 Å². The molecule has 102 valence electrons. The fourth-order valence-corrected chi connectivity index (χ4v) is 3.16. The van der Waals surface area contributed by atoms with Gasteiger partial charge in [0, 0.05) is 0 Å². The predicted octanol–water partition coefficient (Wildman–Crippen LogP) is 2.07. The van der Waals surface area contributed by atoms with E-state index in [2.05, 4.69) is 0 Å². The molecule has 1 unspecified atom stereocenters. The first kappa shape index (κ1) is 15.4. The molecule has 19 heavy (non-hydrogen) atoms. The Morgan fingerprint density at radius 3 is 2.53 bits per heavy atom. The molecule has 4 nitrogen and oxygen atoms in total. The lowest BCUT2D eigenvalue weighted by Gasteiger charge is -2.10. The number of benzene rings is 1. The van der Waals surface area contributed by atoms with Gasteiger partial charge in [0.15, 0.2) is 15.1 Å². The number of unbranched alkanes of at least 4 members (excludes halogenated alkanes) is 1. The second-order valence-corrected chi connectivity index (χ2v) is 6.19. The molecule has 0 aliphatic carbocycles. The summed E-state index contributed by atoms with van der Waals surface area (Å²) in [4.78, 5) is 0.187. The van der Waals surface area contributed by atoms with E-state index < -0.39 is 15.1 Å². The first-order valence-electron chi connectivity index (χ1n) is 6.07. The Balaban J connectivity index is 2.70. The highest BCUT2D eigenvalue weighted by Crippen LogP contribution is 2.19. The monoisotopic (exact) mass is 279 g/mol. The van der Waals surface area contributed by atoms with E-state index >= 15 is 0 Å². The van der Waals surface area contributed by atoms with Crippen LogP contribution in [0.25, 0.3) is 0 Å². The molecule has 0 bridgehead atoms. The quantitative estimate of drug-likeness (QED) is 0.612. The molecule has 0 aliphatic rings. The normalized spacial score (nSPS) is 13.3. The maximum atomic E-state index is 12.2. The van der Waals surface area contributed by atoms with Crippen LogP contribution in [0.4, 0.5) is 0 Å². The summed E-state index contributed by atoms with van der Waals surface area (Å²) in [6, 6.07) is 9.91. The molecule has 0 radical (unpaired) electrons. The highest BCUT2D eigenvalue weighted by molar-refractivity contribution is 7.92. The van der Waals surface area contributed by atoms with Gasteiger partial charge in [0.2, 0.25) is 0 Å². The number of rotatable bonds is 7. The average molecular weight is 279 g/mol. The van der Waals surface area contributed by atoms with Crippen LogP contribution in [0, 0.1) is 11.3 Å². The van der Waals surface area contributed by atoms with Crippen molar-refractivity contribution in [3.8, 4) is 6.07 Å². The van der Waals surface area contributed by atoms with Gasteiger partial charge in [-0.1, -0.05) is 30.4 Å². The van der Waals surface area contributed by atoms with Gasteiger partial charge in [-0.15, -0.1) is 0 Å². The van der Waals surface area contributed by atoms with Crippen molar-refractivity contribution in [1.82, 2.24) is 0 Å². The second-order valence-electron chi connectivity index (χ2n) is 4.06. The third-order valence-electron chi connectivity index (χ3n) is 2.70. The van der Waals surface area contributed by atoms with Crippen LogP contribution in [0.1, 0.15) is 19.3 Å². The van der Waals surface area contributed by atoms with E-state index in [0.717, 1.165) is 0 Å². The lowest BCUT2D eigenvalue weighted by Crippen LogP contribution is -2.19. The Hall–Kier alpha value is -1.64. The number of allylic oxidation sites excluding steroid dienone is 1. The number of aliphatic hydroxyl groups excluding tert-OH is 1. The minimum absolute atomic E-state index is 0.0238. The van der Waals surface area contributed by atoms with Crippen molar-refractivity contribution in [1.29, 1.82) is 5.26 Å². The van der Waals surface area contributed by atoms with Crippen molar-refractivity contribution in [2.24, 2.45) is 0 Å². The summed E-state index contributed by atoms with van der Waals surface area (Å²) >= 11 is 0. The fraction of sp³-hybridized carbons (Fsp3) is 0.357. The number of aliphatic hydroxyl groups is 1. The van der Waals surface area contributed by atoms with Gasteiger partial charge in [-0.3, -0.25) is 0 Å². The first-order chi connectivity index (χ1) is 9.12. The third-order valence-corrected chi connectivity index (χ3v) is 4.72. The summed E-state index contributed by atoms with van der Waals surface area (Å²) in [6.45, 7) is -0.0238. The Labute approximate surface area is 113 Å². The molecule has 0 heterocycles. The highest BCUT2D eigenvalue weighted by atomic mass is 32.2. The Bertz CT molecular complexity index is 544. The number of nitrogens with zero attached hydrogens (tertiary/aromatic N) is 1. The Kier molecular flexibility index (Phi) is 6.26. The lowest BCUT2D eigenvalue weighted by molar-refractivity contribution is 0.342. The van der Waals surface area contributed by atoms with Crippen LogP contribution in [0.2, 0.25) is 0 Å². The van der Waals surface area contributed by atoms with Crippen LogP contribution in [-0.2, 0) is 9.84 Å². The van der Waals surface area contributed by atoms with Crippen molar-refractivity contribution < 1.29 is 13.5 Å². The Morgan fingerprint density at radius 1 is 1.26 bits per heavy atom. The van der Waals surface area contributed by atoms with E-state index in [0.29, 0.717) is 19.3 Å². The summed E-state index contributed by atoms with van der Waals surface area (Å²) in [5, 5.41) is 16.6. The van der Waals surface area contributed by atoms with Gasteiger partial charge in [-0.05, 0) is 31.4 Å². The van der Waals surface area contributed by atoms with Crippen LogP contribution >= 0.6 is 0 Å². The molecule has 0 fully saturated rings. The van der Waals surface area contributed by atoms with Gasteiger partial charge in [0.1, 0.15) is 0 Å². The van der Waals surface area contributed by atoms with E-state index in [1.165, 1.54) is 12.1 Å². The molecular weight excluding hydrogens is 262 g/mol. The summed E-state index contributed by atoms with van der Waals surface area (Å²) in [5.41, 5.74) is 0. The summed E-state index contributed by atoms with van der Waals surface area (Å²) < 4.78 is 24.4. The molecule has 0 aromatic heterocycles. The molecular formula is C14H17NO3S. The molecule has 0 spiro atoms. The van der Waals surface area contributed by atoms with Crippen LogP contribution in [-0.4, -0.2) is 25.4 Å². The van der Waals surface area contributed by atoms with E-state index in [1.54, 1.807) is 30.4 Å². The van der Waals surface area contributed by atoms with Crippen LogP contribution in [0.3, 0.4) is 0 Å². The molecule has 0 amide bonds. The summed E-state index contributed by atoms with van der Waals surface area (Å²) in [5.74, 6) is 0. The SMILES string of the molecule is N#CC(CCC/C=C/CO)S(=O)(=O)c1ccccc1. The maximum Gasteiger partial charge on any atom is 0.194 e. The van der Waals surface area contributed by atoms with E-state index in [9.17, 15) is 8.42 Å². The van der Waals surface area contributed by atoms with Crippen molar-refractivity contribution in [2.45, 2.75) is 29.4 Å². The van der Waals surface area contributed by atoms with Gasteiger partial charge in [0.25, 0.3) is 0 Å². The Morgan fingerprint density at radius 2 is 1.95 bits per heavy atom. The van der Waals surface area contributed by atoms with Crippen molar-refractivity contribution in [2.75, 3.05) is 6.61 Å². The van der Waals surface area contributed by atoms with Crippen molar-refractivity contribution >= 4 is 9.84 Å². The molecule has 1 rings (SSSR count). The molecule has 0 saturated carbocycles. The highest BCUT2D eigenvalue weighted by Gasteiger charge is 2.26. The standard InChI is InChI=1S/C14H17NO3S/c15-12-14(10-4-1-2-7-11-16)19(17,18)13-8-5-3-6-9-13/h2-3,5-9,14,16H,1,4,10-11H2/b7-2+. The topological polar surface area (TPSA) is 78.2 Å². The van der Waals surface area contributed by atoms with Gasteiger partial charge >= 0.3 is 0 Å². The number of sulfone groups is 1. The molecule has 1 aromatic rings. The lowest BCUT2D eigenvalue weighted by atomic mass is 10.2. The molecule has 0 saturated heterocycles. The molecule has 1 N–H and O–H groups in total. The third kappa shape index (κ3) is 4.51. The first-order valence-corrected chi connectivity index (χ1v) is 7.62. The smallest absolute Gasteiger partial charge is 0.194 e. The molecule has 0 aliphatic heterocycles. The van der Waals surface area contributed by atoms with E-state index in [1.807, 2.05) is 6.07 Å². The summed E-state index contributed by atoms with van der Waals surface area (Å²) in [7, 11) is -3.58. The van der Waals surface area contributed by atoms with Crippen LogP contribution < -0.4 is 0 Å². The molecule has 5 heteroatoms. The summed E-state index contributed by atoms with van der Waals surface area (Å²) in [6.07, 6.45) is 4.93. The zero-order chi connectivity index (χ0) is 14.1. The fourth-order valence-electron chi connectivity index (χ4n) is 1.68. The van der Waals surface area contributed by atoms with Crippen molar-refractivity contribution in [3.05, 3.63) is 42.5 Å². The van der Waals surface area contributed by atoms with Crippen LogP contribution in [0.15, 0.2) is 47.4 Å². The average Bonchev–Trinajstić information content (AvgIpc) is 2.43. The predicted molar refractivity (Wildman–Crippen MR) is 73.1 cm³/mol. The number of hydrogen-bond donors (Lipinski definition) is 1. The zero-order valence-corrected chi connectivity index (χ0v) is 11.4. The molecule has 1 aromatic carbocycles. The molecule has 1 atom stereocenters. The zero-order valence-electron chi connectivity index (χ0n) is 10.6. The largest absolute Gasteiger partial charge is 0.392 e. The number of nitriles is 1.